The molecular weight excluding hydrogens is 296 g/mol. The molecular formula is C17H18N2O4. The van der Waals surface area contributed by atoms with Crippen molar-refractivity contribution in [3.05, 3.63) is 46.3 Å². The topological polar surface area (TPSA) is 80.4 Å². The molecule has 0 fully saturated rings. The van der Waals surface area contributed by atoms with Crippen LogP contribution in [0.1, 0.15) is 37.7 Å². The zero-order valence-corrected chi connectivity index (χ0v) is 13.3. The van der Waals surface area contributed by atoms with Crippen molar-refractivity contribution in [2.24, 2.45) is 0 Å². The summed E-state index contributed by atoms with van der Waals surface area (Å²) in [6.45, 7) is 4.13. The van der Waals surface area contributed by atoms with Gasteiger partial charge in [-0.05, 0) is 43.2 Å². The number of methoxy groups -OCH3 is 1. The van der Waals surface area contributed by atoms with Gasteiger partial charge in [0.15, 0.2) is 0 Å². The number of aromatic amines is 1. The van der Waals surface area contributed by atoms with Crippen LogP contribution in [-0.4, -0.2) is 30.6 Å². The summed E-state index contributed by atoms with van der Waals surface area (Å²) in [5.41, 5.74) is 3.74. The minimum Gasteiger partial charge on any atom is -0.493 e. The lowest BCUT2D eigenvalue weighted by Gasteiger charge is -2.07. The molecule has 23 heavy (non-hydrogen) atoms. The molecule has 2 heterocycles. The lowest BCUT2D eigenvalue weighted by molar-refractivity contribution is 0.0599. The molecule has 3 rings (SSSR count). The number of amides is 1. The predicted molar refractivity (Wildman–Crippen MR) is 85.2 cm³/mol. The maximum absolute atomic E-state index is 12.5. The van der Waals surface area contributed by atoms with Crippen LogP contribution in [0.15, 0.2) is 18.2 Å². The highest BCUT2D eigenvalue weighted by atomic mass is 16.5. The van der Waals surface area contributed by atoms with Gasteiger partial charge in [0.05, 0.1) is 19.3 Å². The number of esters is 1. The van der Waals surface area contributed by atoms with E-state index < -0.39 is 5.97 Å². The summed E-state index contributed by atoms with van der Waals surface area (Å²) in [6.07, 6.45) is 0.839. The first-order valence-electron chi connectivity index (χ1n) is 7.36. The number of fused-ring (bicyclic) bond motifs is 1. The molecule has 6 nitrogen and oxygen atoms in total. The van der Waals surface area contributed by atoms with E-state index >= 15 is 0 Å². The first-order chi connectivity index (χ1) is 11.0. The summed E-state index contributed by atoms with van der Waals surface area (Å²) in [6, 6.07) is 5.56. The molecule has 0 atom stereocenters. The highest BCUT2D eigenvalue weighted by molar-refractivity contribution is 6.06. The molecule has 1 aliphatic rings. The van der Waals surface area contributed by atoms with E-state index in [0.717, 1.165) is 17.7 Å². The van der Waals surface area contributed by atoms with Crippen molar-refractivity contribution in [3.8, 4) is 5.75 Å². The zero-order chi connectivity index (χ0) is 16.6. The van der Waals surface area contributed by atoms with E-state index in [2.05, 4.69) is 10.3 Å². The lowest BCUT2D eigenvalue weighted by Crippen LogP contribution is -2.14. The van der Waals surface area contributed by atoms with Crippen LogP contribution in [0.2, 0.25) is 0 Å². The second-order valence-electron chi connectivity index (χ2n) is 5.49. The highest BCUT2D eigenvalue weighted by Gasteiger charge is 2.23. The SMILES string of the molecule is COC(=O)c1c(C)[nH]c(C(=O)Nc2ccc3c(c2)CCO3)c1C. The van der Waals surface area contributed by atoms with E-state index in [1.54, 1.807) is 19.9 Å². The van der Waals surface area contributed by atoms with Crippen molar-refractivity contribution in [2.45, 2.75) is 20.3 Å². The van der Waals surface area contributed by atoms with Gasteiger partial charge >= 0.3 is 5.97 Å². The van der Waals surface area contributed by atoms with Crippen molar-refractivity contribution in [2.75, 3.05) is 19.0 Å². The van der Waals surface area contributed by atoms with Gasteiger partial charge in [-0.2, -0.15) is 0 Å². The molecule has 0 radical (unpaired) electrons. The summed E-state index contributed by atoms with van der Waals surface area (Å²) in [5, 5.41) is 2.85. The Hall–Kier alpha value is -2.76. The first-order valence-corrected chi connectivity index (χ1v) is 7.36. The molecule has 1 aromatic heterocycles. The molecule has 2 aromatic rings. The van der Waals surface area contributed by atoms with E-state index in [-0.39, 0.29) is 5.91 Å². The number of H-pyrrole nitrogens is 1. The molecule has 0 unspecified atom stereocenters. The van der Waals surface area contributed by atoms with Crippen molar-refractivity contribution in [1.29, 1.82) is 0 Å². The largest absolute Gasteiger partial charge is 0.493 e. The fourth-order valence-corrected chi connectivity index (χ4v) is 2.84. The number of hydrogen-bond donors (Lipinski definition) is 2. The fourth-order valence-electron chi connectivity index (χ4n) is 2.84. The average Bonchev–Trinajstić information content (AvgIpc) is 3.10. The van der Waals surface area contributed by atoms with E-state index in [0.29, 0.717) is 34.8 Å². The van der Waals surface area contributed by atoms with Crippen LogP contribution in [0.3, 0.4) is 0 Å². The Morgan fingerprint density at radius 2 is 2.09 bits per heavy atom. The molecule has 0 spiro atoms. The molecule has 1 amide bonds. The Kier molecular flexibility index (Phi) is 3.82. The second-order valence-corrected chi connectivity index (χ2v) is 5.49. The molecule has 120 valence electrons. The number of hydrogen-bond acceptors (Lipinski definition) is 4. The van der Waals surface area contributed by atoms with Crippen molar-refractivity contribution < 1.29 is 19.1 Å². The summed E-state index contributed by atoms with van der Waals surface area (Å²) in [4.78, 5) is 27.2. The van der Waals surface area contributed by atoms with Crippen molar-refractivity contribution in [3.63, 3.8) is 0 Å². The smallest absolute Gasteiger partial charge is 0.339 e. The van der Waals surface area contributed by atoms with Gasteiger partial charge in [-0.1, -0.05) is 0 Å². The third-order valence-corrected chi connectivity index (χ3v) is 4.00. The Labute approximate surface area is 133 Å². The van der Waals surface area contributed by atoms with Crippen LogP contribution in [0.4, 0.5) is 5.69 Å². The molecule has 1 aliphatic heterocycles. The van der Waals surface area contributed by atoms with Gasteiger partial charge in [-0.25, -0.2) is 4.79 Å². The molecule has 6 heteroatoms. The number of carbonyl (C=O) groups is 2. The fraction of sp³-hybridized carbons (Fsp3) is 0.294. The normalized spacial score (nSPS) is 12.5. The number of benzene rings is 1. The first kappa shape index (κ1) is 15.1. The Bertz CT molecular complexity index is 792. The van der Waals surface area contributed by atoms with Gasteiger partial charge < -0.3 is 19.8 Å². The second kappa shape index (κ2) is 5.79. The number of anilines is 1. The number of nitrogens with one attached hydrogen (secondary N) is 2. The van der Waals surface area contributed by atoms with E-state index in [9.17, 15) is 9.59 Å². The van der Waals surface area contributed by atoms with Crippen molar-refractivity contribution in [1.82, 2.24) is 4.98 Å². The molecule has 1 aromatic carbocycles. The van der Waals surface area contributed by atoms with E-state index in [1.807, 2.05) is 12.1 Å². The quantitative estimate of drug-likeness (QED) is 0.853. The minimum absolute atomic E-state index is 0.292. The van der Waals surface area contributed by atoms with Crippen molar-refractivity contribution >= 4 is 17.6 Å². The third kappa shape index (κ3) is 2.67. The highest BCUT2D eigenvalue weighted by Crippen LogP contribution is 2.28. The van der Waals surface area contributed by atoms with E-state index in [1.165, 1.54) is 7.11 Å². The number of aryl methyl sites for hydroxylation is 1. The van der Waals surface area contributed by atoms with Crippen LogP contribution in [-0.2, 0) is 11.2 Å². The molecule has 0 saturated carbocycles. The molecule has 2 N–H and O–H groups in total. The monoisotopic (exact) mass is 314 g/mol. The summed E-state index contributed by atoms with van der Waals surface area (Å²) in [5.74, 6) is 0.118. The van der Waals surface area contributed by atoms with Gasteiger partial charge in [-0.3, -0.25) is 4.79 Å². The maximum atomic E-state index is 12.5. The van der Waals surface area contributed by atoms with Gasteiger partial charge in [0.1, 0.15) is 11.4 Å². The van der Waals surface area contributed by atoms with Crippen LogP contribution in [0, 0.1) is 13.8 Å². The summed E-state index contributed by atoms with van der Waals surface area (Å²) >= 11 is 0. The number of rotatable bonds is 3. The zero-order valence-electron chi connectivity index (χ0n) is 13.3. The standard InChI is InChI=1S/C17H18N2O4/c1-9-14(17(21)22-3)10(2)18-15(9)16(20)19-12-4-5-13-11(8-12)6-7-23-13/h4-5,8,18H,6-7H2,1-3H3,(H,19,20). The third-order valence-electron chi connectivity index (χ3n) is 4.00. The van der Waals surface area contributed by atoms with Gasteiger partial charge in [-0.15, -0.1) is 0 Å². The average molecular weight is 314 g/mol. The number of carbonyl (C=O) groups excluding carboxylic acids is 2. The van der Waals surface area contributed by atoms with E-state index in [4.69, 9.17) is 9.47 Å². The number of ether oxygens (including phenoxy) is 2. The van der Waals surface area contributed by atoms with Crippen LogP contribution in [0.25, 0.3) is 0 Å². The Balaban J connectivity index is 1.85. The molecule has 0 aliphatic carbocycles. The van der Waals surface area contributed by atoms with Crippen LogP contribution >= 0.6 is 0 Å². The Morgan fingerprint density at radius 1 is 1.30 bits per heavy atom. The summed E-state index contributed by atoms with van der Waals surface area (Å²) < 4.78 is 10.2. The predicted octanol–water partition coefficient (Wildman–Crippen LogP) is 2.61. The molecule has 0 bridgehead atoms. The molecule has 0 saturated heterocycles. The Morgan fingerprint density at radius 3 is 2.83 bits per heavy atom. The van der Waals surface area contributed by atoms with Gasteiger partial charge in [0.2, 0.25) is 0 Å². The summed E-state index contributed by atoms with van der Waals surface area (Å²) in [7, 11) is 1.32. The van der Waals surface area contributed by atoms with Gasteiger partial charge in [0, 0.05) is 17.8 Å². The minimum atomic E-state index is -0.454. The van der Waals surface area contributed by atoms with Crippen LogP contribution in [0.5, 0.6) is 5.75 Å². The number of aromatic nitrogens is 1. The van der Waals surface area contributed by atoms with Gasteiger partial charge in [0.25, 0.3) is 5.91 Å². The van der Waals surface area contributed by atoms with Crippen LogP contribution < -0.4 is 10.1 Å². The maximum Gasteiger partial charge on any atom is 0.339 e. The lowest BCUT2D eigenvalue weighted by atomic mass is 10.1.